The molecule has 182 valence electrons. The second kappa shape index (κ2) is 10.8. The number of carbonyl (C=O) groups is 1. The molecule has 1 saturated heterocycles. The summed E-state index contributed by atoms with van der Waals surface area (Å²) in [4.78, 5) is 24.4. The quantitative estimate of drug-likeness (QED) is 0.394. The van der Waals surface area contributed by atoms with Crippen LogP contribution in [-0.2, 0) is 6.54 Å². The summed E-state index contributed by atoms with van der Waals surface area (Å²) in [6, 6.07) is 24.2. The van der Waals surface area contributed by atoms with E-state index >= 15 is 0 Å². The van der Waals surface area contributed by atoms with Gasteiger partial charge in [-0.2, -0.15) is 0 Å². The molecule has 1 fully saturated rings. The topological polar surface area (TPSA) is 84.1 Å². The number of benzene rings is 2. The lowest BCUT2D eigenvalue weighted by Crippen LogP contribution is -2.42. The number of nitrogens with one attached hydrogen (secondary N) is 1. The number of nitrogens with two attached hydrogens (primary N) is 1. The fourth-order valence-electron chi connectivity index (χ4n) is 4.71. The molecule has 3 N–H and O–H groups in total. The van der Waals surface area contributed by atoms with Gasteiger partial charge in [0.2, 0.25) is 0 Å². The molecule has 4 aromatic rings. The number of amides is 1. The Hall–Kier alpha value is -3.87. The third-order valence-electron chi connectivity index (χ3n) is 6.54. The number of rotatable bonds is 6. The minimum atomic E-state index is -0.238. The van der Waals surface area contributed by atoms with Crippen molar-refractivity contribution in [3.63, 3.8) is 0 Å². The lowest BCUT2D eigenvalue weighted by atomic mass is 10.0. The first-order chi connectivity index (χ1) is 17.5. The largest absolute Gasteiger partial charge is 0.327 e. The smallest absolute Gasteiger partial charge is 0.274 e. The van der Waals surface area contributed by atoms with Gasteiger partial charge in [0, 0.05) is 48.5 Å². The summed E-state index contributed by atoms with van der Waals surface area (Å²) < 4.78 is 0. The molecule has 0 bridgehead atoms. The first-order valence-corrected chi connectivity index (χ1v) is 12.4. The summed E-state index contributed by atoms with van der Waals surface area (Å²) in [6.07, 6.45) is 5.73. The molecule has 0 unspecified atom stereocenters. The zero-order valence-electron chi connectivity index (χ0n) is 20.5. The van der Waals surface area contributed by atoms with Gasteiger partial charge in [-0.3, -0.25) is 19.7 Å². The van der Waals surface area contributed by atoms with E-state index in [9.17, 15) is 4.79 Å². The van der Waals surface area contributed by atoms with Crippen LogP contribution in [0.4, 0.5) is 5.69 Å². The summed E-state index contributed by atoms with van der Waals surface area (Å²) in [5.41, 5.74) is 13.5. The molecule has 0 radical (unpaired) electrons. The van der Waals surface area contributed by atoms with E-state index in [4.69, 9.17) is 5.73 Å². The third-order valence-corrected chi connectivity index (χ3v) is 6.54. The molecule has 36 heavy (non-hydrogen) atoms. The molecule has 6 nitrogen and oxygen atoms in total. The molecular weight excluding hydrogens is 446 g/mol. The number of hydrogen-bond acceptors (Lipinski definition) is 5. The highest BCUT2D eigenvalue weighted by Gasteiger charge is 2.18. The summed E-state index contributed by atoms with van der Waals surface area (Å²) in [6.45, 7) is 4.67. The van der Waals surface area contributed by atoms with Gasteiger partial charge in [0.05, 0.1) is 0 Å². The standard InChI is InChI=1S/C30H31N5O/c1-21-9-10-25(18-33-21)26-14-22(19-35-13-5-8-27(31)20-35)15-28(16-26)34-30(36)29-17-24(11-12-32-29)23-6-3-2-4-7-23/h2-4,6-7,9-12,14-18,27H,5,8,13,19-20,31H2,1H3,(H,34,36)/t27-/m0/s1. The lowest BCUT2D eigenvalue weighted by molar-refractivity contribution is 0.102. The van der Waals surface area contributed by atoms with Crippen molar-refractivity contribution in [3.05, 3.63) is 102 Å². The summed E-state index contributed by atoms with van der Waals surface area (Å²) >= 11 is 0. The van der Waals surface area contributed by atoms with Crippen molar-refractivity contribution in [3.8, 4) is 22.3 Å². The Kier molecular flexibility index (Phi) is 7.16. The summed E-state index contributed by atoms with van der Waals surface area (Å²) in [5.74, 6) is -0.238. The first kappa shape index (κ1) is 23.9. The van der Waals surface area contributed by atoms with Crippen molar-refractivity contribution in [2.24, 2.45) is 5.73 Å². The van der Waals surface area contributed by atoms with Crippen molar-refractivity contribution < 1.29 is 4.79 Å². The second-order valence-corrected chi connectivity index (χ2v) is 9.49. The number of aryl methyl sites for hydroxylation is 1. The van der Waals surface area contributed by atoms with Crippen molar-refractivity contribution in [2.45, 2.75) is 32.4 Å². The van der Waals surface area contributed by atoms with Crippen LogP contribution < -0.4 is 11.1 Å². The van der Waals surface area contributed by atoms with Crippen LogP contribution in [0, 0.1) is 6.92 Å². The SMILES string of the molecule is Cc1ccc(-c2cc(CN3CCC[C@H](N)C3)cc(NC(=O)c3cc(-c4ccccc4)ccn3)c2)cn1. The number of nitrogens with zero attached hydrogens (tertiary/aromatic N) is 3. The zero-order chi connectivity index (χ0) is 24.9. The predicted molar refractivity (Wildman–Crippen MR) is 145 cm³/mol. The maximum Gasteiger partial charge on any atom is 0.274 e. The lowest BCUT2D eigenvalue weighted by Gasteiger charge is -2.30. The van der Waals surface area contributed by atoms with E-state index in [1.54, 1.807) is 6.20 Å². The number of aromatic nitrogens is 2. The van der Waals surface area contributed by atoms with E-state index < -0.39 is 0 Å². The van der Waals surface area contributed by atoms with Crippen LogP contribution in [0.3, 0.4) is 0 Å². The minimum Gasteiger partial charge on any atom is -0.327 e. The number of anilines is 1. The number of carbonyl (C=O) groups excluding carboxylic acids is 1. The van der Waals surface area contributed by atoms with Crippen LogP contribution in [0.15, 0.2) is 85.2 Å². The number of hydrogen-bond donors (Lipinski definition) is 2. The van der Waals surface area contributed by atoms with Gasteiger partial charge in [-0.1, -0.05) is 36.4 Å². The number of pyridine rings is 2. The van der Waals surface area contributed by atoms with Crippen LogP contribution in [0.2, 0.25) is 0 Å². The Morgan fingerprint density at radius 3 is 2.61 bits per heavy atom. The van der Waals surface area contributed by atoms with Crippen molar-refractivity contribution in [1.29, 1.82) is 0 Å². The molecule has 5 rings (SSSR count). The molecule has 2 aromatic carbocycles. The molecule has 6 heteroatoms. The molecule has 1 aliphatic rings. The molecule has 1 amide bonds. The molecule has 0 spiro atoms. The van der Waals surface area contributed by atoms with Crippen LogP contribution >= 0.6 is 0 Å². The Balaban J connectivity index is 1.43. The molecule has 1 atom stereocenters. The van der Waals surface area contributed by atoms with E-state index in [0.717, 1.165) is 71.7 Å². The van der Waals surface area contributed by atoms with Crippen molar-refractivity contribution in [1.82, 2.24) is 14.9 Å². The minimum absolute atomic E-state index is 0.213. The van der Waals surface area contributed by atoms with Gasteiger partial charge in [-0.15, -0.1) is 0 Å². The third kappa shape index (κ3) is 5.85. The van der Waals surface area contributed by atoms with Gasteiger partial charge in [0.1, 0.15) is 5.69 Å². The fourth-order valence-corrected chi connectivity index (χ4v) is 4.71. The van der Waals surface area contributed by atoms with Gasteiger partial charge in [-0.25, -0.2) is 0 Å². The van der Waals surface area contributed by atoms with Gasteiger partial charge in [0.25, 0.3) is 5.91 Å². The Morgan fingerprint density at radius 2 is 1.83 bits per heavy atom. The van der Waals surface area contributed by atoms with Crippen molar-refractivity contribution in [2.75, 3.05) is 18.4 Å². The molecule has 0 aliphatic carbocycles. The molecule has 1 aliphatic heterocycles. The number of likely N-dealkylation sites (tertiary alicyclic amines) is 1. The average molecular weight is 478 g/mol. The molecule has 3 heterocycles. The average Bonchev–Trinajstić information content (AvgIpc) is 2.89. The van der Waals surface area contributed by atoms with Crippen LogP contribution in [0.5, 0.6) is 0 Å². The highest BCUT2D eigenvalue weighted by molar-refractivity contribution is 6.03. The Morgan fingerprint density at radius 1 is 0.972 bits per heavy atom. The van der Waals surface area contributed by atoms with Gasteiger partial charge in [-0.05, 0) is 85.0 Å². The van der Waals surface area contributed by atoms with Crippen LogP contribution in [0.25, 0.3) is 22.3 Å². The summed E-state index contributed by atoms with van der Waals surface area (Å²) in [7, 11) is 0. The van der Waals surface area contributed by atoms with Gasteiger partial charge >= 0.3 is 0 Å². The second-order valence-electron chi connectivity index (χ2n) is 9.49. The van der Waals surface area contributed by atoms with E-state index in [0.29, 0.717) is 5.69 Å². The van der Waals surface area contributed by atoms with Crippen LogP contribution in [-0.4, -0.2) is 39.9 Å². The van der Waals surface area contributed by atoms with E-state index in [-0.39, 0.29) is 11.9 Å². The van der Waals surface area contributed by atoms with E-state index in [1.807, 2.05) is 73.8 Å². The molecule has 2 aromatic heterocycles. The van der Waals surface area contributed by atoms with Crippen LogP contribution in [0.1, 0.15) is 34.6 Å². The van der Waals surface area contributed by atoms with Gasteiger partial charge < -0.3 is 11.1 Å². The number of piperidine rings is 1. The maximum absolute atomic E-state index is 13.2. The maximum atomic E-state index is 13.2. The Labute approximate surface area is 212 Å². The Bertz CT molecular complexity index is 1340. The monoisotopic (exact) mass is 477 g/mol. The van der Waals surface area contributed by atoms with Crippen molar-refractivity contribution >= 4 is 11.6 Å². The van der Waals surface area contributed by atoms with Gasteiger partial charge in [0.15, 0.2) is 0 Å². The van der Waals surface area contributed by atoms with E-state index in [1.165, 1.54) is 0 Å². The highest BCUT2D eigenvalue weighted by Crippen LogP contribution is 2.27. The predicted octanol–water partition coefficient (Wildman–Crippen LogP) is 5.29. The zero-order valence-corrected chi connectivity index (χ0v) is 20.5. The normalized spacial score (nSPS) is 16.0. The molecule has 0 saturated carbocycles. The fraction of sp³-hybridized carbons (Fsp3) is 0.233. The molecular formula is C30H31N5O. The first-order valence-electron chi connectivity index (χ1n) is 12.4. The highest BCUT2D eigenvalue weighted by atomic mass is 16.1. The summed E-state index contributed by atoms with van der Waals surface area (Å²) in [5, 5.41) is 3.08. The van der Waals surface area contributed by atoms with E-state index in [2.05, 4.69) is 32.3 Å².